The highest BCUT2D eigenvalue weighted by Gasteiger charge is 2.24. The number of carbonyl (C=O) groups is 1. The van der Waals surface area contributed by atoms with E-state index in [4.69, 9.17) is 0 Å². The van der Waals surface area contributed by atoms with E-state index in [2.05, 4.69) is 20.5 Å². The zero-order valence-electron chi connectivity index (χ0n) is 17.0. The fourth-order valence-corrected chi connectivity index (χ4v) is 3.81. The highest BCUT2D eigenvalue weighted by atomic mass is 32.2. The minimum Gasteiger partial charge on any atom is -0.508 e. The predicted octanol–water partition coefficient (Wildman–Crippen LogP) is 6.32. The lowest BCUT2D eigenvalue weighted by atomic mass is 10.2. The van der Waals surface area contributed by atoms with Gasteiger partial charge in [0.15, 0.2) is 5.17 Å². The molecule has 4 rings (SSSR count). The number of phenols is 1. The molecule has 0 saturated carbocycles. The summed E-state index contributed by atoms with van der Waals surface area (Å²) in [5.74, 6) is -0.0599. The molecule has 1 aliphatic heterocycles. The lowest BCUT2D eigenvalue weighted by Gasteiger charge is -2.03. The van der Waals surface area contributed by atoms with Crippen molar-refractivity contribution in [2.45, 2.75) is 13.8 Å². The number of aryl methyl sites for hydroxylation is 2. The standard InChI is InChI=1S/C24H20N4O2S/c1-15-6-3-4-9-21(15)28-27-18-10-11-20(16(2)12-18)25-24-26-23(30)22(31-24)14-17-7-5-8-19(29)13-17/h3-14,29H,1-2H3,(H,25,26,30)/b22-14-,28-27?. The molecule has 0 atom stereocenters. The SMILES string of the molecule is Cc1ccccc1N=Nc1ccc(N=C2NC(=O)/C(=C/c3cccc(O)c3)S2)c(C)c1. The molecule has 0 aromatic heterocycles. The molecule has 1 saturated heterocycles. The van der Waals surface area contributed by atoms with Crippen LogP contribution in [0.5, 0.6) is 5.75 Å². The zero-order valence-corrected chi connectivity index (χ0v) is 17.9. The number of aromatic hydroxyl groups is 1. The van der Waals surface area contributed by atoms with Crippen LogP contribution in [0.25, 0.3) is 6.08 Å². The van der Waals surface area contributed by atoms with Crippen LogP contribution in [0.2, 0.25) is 0 Å². The normalized spacial score (nSPS) is 16.4. The Morgan fingerprint density at radius 3 is 2.52 bits per heavy atom. The van der Waals surface area contributed by atoms with Crippen LogP contribution >= 0.6 is 11.8 Å². The zero-order chi connectivity index (χ0) is 21.8. The smallest absolute Gasteiger partial charge is 0.264 e. The van der Waals surface area contributed by atoms with Crippen LogP contribution in [-0.4, -0.2) is 16.2 Å². The number of thioether (sulfide) groups is 1. The van der Waals surface area contributed by atoms with Crippen LogP contribution in [-0.2, 0) is 4.79 Å². The summed E-state index contributed by atoms with van der Waals surface area (Å²) >= 11 is 1.26. The molecule has 1 aliphatic rings. The molecule has 0 radical (unpaired) electrons. The quantitative estimate of drug-likeness (QED) is 0.377. The van der Waals surface area contributed by atoms with Gasteiger partial charge in [0.05, 0.1) is 22.0 Å². The van der Waals surface area contributed by atoms with Gasteiger partial charge in [-0.25, -0.2) is 4.99 Å². The summed E-state index contributed by atoms with van der Waals surface area (Å²) in [6.45, 7) is 3.94. The van der Waals surface area contributed by atoms with Crippen molar-refractivity contribution in [3.05, 3.63) is 88.3 Å². The predicted molar refractivity (Wildman–Crippen MR) is 125 cm³/mol. The van der Waals surface area contributed by atoms with E-state index in [-0.39, 0.29) is 11.7 Å². The second-order valence-corrected chi connectivity index (χ2v) is 8.06. The van der Waals surface area contributed by atoms with E-state index in [1.54, 1.807) is 24.3 Å². The van der Waals surface area contributed by atoms with Gasteiger partial charge in [-0.05, 0) is 84.8 Å². The Bertz CT molecular complexity index is 1250. The first-order valence-corrected chi connectivity index (χ1v) is 10.5. The van der Waals surface area contributed by atoms with Crippen molar-refractivity contribution >= 4 is 46.0 Å². The number of phenolic OH excluding ortho intramolecular Hbond substituents is 1. The van der Waals surface area contributed by atoms with Gasteiger partial charge >= 0.3 is 0 Å². The largest absolute Gasteiger partial charge is 0.508 e. The van der Waals surface area contributed by atoms with Crippen molar-refractivity contribution in [1.82, 2.24) is 5.32 Å². The topological polar surface area (TPSA) is 86.4 Å². The van der Waals surface area contributed by atoms with Crippen LogP contribution in [0, 0.1) is 13.8 Å². The Hall–Kier alpha value is -3.71. The molecule has 1 amide bonds. The Balaban J connectivity index is 1.51. The maximum absolute atomic E-state index is 12.3. The average molecular weight is 429 g/mol. The monoisotopic (exact) mass is 428 g/mol. The molecule has 3 aromatic rings. The number of rotatable bonds is 4. The summed E-state index contributed by atoms with van der Waals surface area (Å²) in [5, 5.41) is 21.5. The summed E-state index contributed by atoms with van der Waals surface area (Å²) < 4.78 is 0. The minimum absolute atomic E-state index is 0.155. The second kappa shape index (κ2) is 8.97. The summed E-state index contributed by atoms with van der Waals surface area (Å²) in [4.78, 5) is 17.4. The van der Waals surface area contributed by atoms with E-state index in [0.717, 1.165) is 33.8 Å². The van der Waals surface area contributed by atoms with Gasteiger partial charge in [0, 0.05) is 0 Å². The molecule has 1 fully saturated rings. The molecule has 0 bridgehead atoms. The molecule has 3 aromatic carbocycles. The van der Waals surface area contributed by atoms with Gasteiger partial charge in [-0.2, -0.15) is 10.2 Å². The van der Waals surface area contributed by atoms with E-state index >= 15 is 0 Å². The number of hydrogen-bond acceptors (Lipinski definition) is 6. The Labute approximate surface area is 184 Å². The van der Waals surface area contributed by atoms with Crippen molar-refractivity contribution in [3.8, 4) is 5.75 Å². The van der Waals surface area contributed by atoms with Gasteiger partial charge in [0.2, 0.25) is 0 Å². The highest BCUT2D eigenvalue weighted by molar-refractivity contribution is 8.18. The second-order valence-electron chi connectivity index (χ2n) is 7.03. The van der Waals surface area contributed by atoms with Crippen LogP contribution in [0.4, 0.5) is 17.1 Å². The number of azo groups is 1. The van der Waals surface area contributed by atoms with Crippen LogP contribution in [0.3, 0.4) is 0 Å². The number of nitrogens with one attached hydrogen (secondary N) is 1. The molecule has 154 valence electrons. The van der Waals surface area contributed by atoms with Crippen molar-refractivity contribution in [3.63, 3.8) is 0 Å². The number of hydrogen-bond donors (Lipinski definition) is 2. The highest BCUT2D eigenvalue weighted by Crippen LogP contribution is 2.31. The first-order valence-electron chi connectivity index (χ1n) is 9.64. The van der Waals surface area contributed by atoms with Gasteiger partial charge in [-0.15, -0.1) is 0 Å². The molecule has 6 nitrogen and oxygen atoms in total. The molecule has 31 heavy (non-hydrogen) atoms. The van der Waals surface area contributed by atoms with Crippen molar-refractivity contribution in [1.29, 1.82) is 0 Å². The van der Waals surface area contributed by atoms with Gasteiger partial charge in [-0.1, -0.05) is 30.3 Å². The molecule has 1 heterocycles. The van der Waals surface area contributed by atoms with Crippen molar-refractivity contribution < 1.29 is 9.90 Å². The molecule has 7 heteroatoms. The number of carbonyl (C=O) groups excluding carboxylic acids is 1. The Kier molecular flexibility index (Phi) is 5.95. The third kappa shape index (κ3) is 5.07. The van der Waals surface area contributed by atoms with E-state index in [9.17, 15) is 9.90 Å². The van der Waals surface area contributed by atoms with E-state index < -0.39 is 0 Å². The van der Waals surface area contributed by atoms with E-state index in [1.165, 1.54) is 11.8 Å². The first kappa shape index (κ1) is 20.6. The van der Waals surface area contributed by atoms with Crippen molar-refractivity contribution in [2.75, 3.05) is 0 Å². The number of benzene rings is 3. The van der Waals surface area contributed by atoms with Crippen LogP contribution in [0.1, 0.15) is 16.7 Å². The van der Waals surface area contributed by atoms with Gasteiger partial charge in [-0.3, -0.25) is 4.79 Å². The van der Waals surface area contributed by atoms with E-state index in [0.29, 0.717) is 10.1 Å². The number of nitrogens with zero attached hydrogens (tertiary/aromatic N) is 3. The molecular weight excluding hydrogens is 408 g/mol. The maximum atomic E-state index is 12.3. The Morgan fingerprint density at radius 2 is 1.74 bits per heavy atom. The number of amidine groups is 1. The first-order chi connectivity index (χ1) is 15.0. The summed E-state index contributed by atoms with van der Waals surface area (Å²) in [7, 11) is 0. The summed E-state index contributed by atoms with van der Waals surface area (Å²) in [6.07, 6.45) is 1.73. The van der Waals surface area contributed by atoms with Crippen LogP contribution in [0.15, 0.2) is 86.9 Å². The van der Waals surface area contributed by atoms with Gasteiger partial charge in [0.1, 0.15) is 5.75 Å². The summed E-state index contributed by atoms with van der Waals surface area (Å²) in [5.41, 5.74) is 5.05. The van der Waals surface area contributed by atoms with Gasteiger partial charge < -0.3 is 10.4 Å². The molecular formula is C24H20N4O2S. The molecule has 0 spiro atoms. The third-order valence-corrected chi connectivity index (χ3v) is 5.52. The fraction of sp³-hybridized carbons (Fsp3) is 0.0833. The van der Waals surface area contributed by atoms with Gasteiger partial charge in [0.25, 0.3) is 5.91 Å². The minimum atomic E-state index is -0.214. The number of amides is 1. The molecule has 2 N–H and O–H groups in total. The molecule has 0 unspecified atom stereocenters. The van der Waals surface area contributed by atoms with Crippen LogP contribution < -0.4 is 5.32 Å². The lowest BCUT2D eigenvalue weighted by Crippen LogP contribution is -2.19. The van der Waals surface area contributed by atoms with E-state index in [1.807, 2.05) is 62.4 Å². The van der Waals surface area contributed by atoms with Crippen molar-refractivity contribution in [2.24, 2.45) is 15.2 Å². The fourth-order valence-electron chi connectivity index (χ4n) is 2.97. The molecule has 0 aliphatic carbocycles. The lowest BCUT2D eigenvalue weighted by molar-refractivity contribution is -0.115. The summed E-state index contributed by atoms with van der Waals surface area (Å²) in [6, 6.07) is 20.2. The average Bonchev–Trinajstić information content (AvgIpc) is 3.08. The maximum Gasteiger partial charge on any atom is 0.264 e. The third-order valence-electron chi connectivity index (χ3n) is 4.61. The Morgan fingerprint density at radius 1 is 0.903 bits per heavy atom. The number of aliphatic imine (C=N–C) groups is 1.